The van der Waals surface area contributed by atoms with Gasteiger partial charge < -0.3 is 15.7 Å². The summed E-state index contributed by atoms with van der Waals surface area (Å²) in [6.07, 6.45) is -2.39. The van der Waals surface area contributed by atoms with Crippen molar-refractivity contribution in [2.75, 3.05) is 58.9 Å². The van der Waals surface area contributed by atoms with E-state index < -0.39 is 17.6 Å². The van der Waals surface area contributed by atoms with Crippen LogP contribution in [0, 0.1) is 0 Å². The van der Waals surface area contributed by atoms with Crippen molar-refractivity contribution in [3.63, 3.8) is 0 Å². The normalized spacial score (nSPS) is 21.1. The standard InChI is InChI=1S/C24H36F3N5O3/c1-2-20(33)17-31-11-9-30(10-12-31)13-14-32-8-4-7-21(32)29-22(34)16-28-23(35)18-5-3-6-19(15-18)24(25,26)27/h3,5-6,15,20-21,33H,2,4,7-14,16-17H2,1H3,(H,28,35)(H,29,34). The maximum absolute atomic E-state index is 12.9. The smallest absolute Gasteiger partial charge is 0.392 e. The van der Waals surface area contributed by atoms with Crippen molar-refractivity contribution >= 4 is 11.8 Å². The Hall–Kier alpha value is -2.21. The van der Waals surface area contributed by atoms with Crippen LogP contribution in [0.1, 0.15) is 42.1 Å². The predicted molar refractivity (Wildman–Crippen MR) is 126 cm³/mol. The van der Waals surface area contributed by atoms with Crippen LogP contribution in [-0.2, 0) is 11.0 Å². The summed E-state index contributed by atoms with van der Waals surface area (Å²) in [5, 5.41) is 15.2. The number of piperazine rings is 1. The largest absolute Gasteiger partial charge is 0.416 e. The van der Waals surface area contributed by atoms with E-state index in [1.165, 1.54) is 12.1 Å². The van der Waals surface area contributed by atoms with Gasteiger partial charge in [-0.05, 0) is 37.5 Å². The number of halogens is 3. The molecule has 0 saturated carbocycles. The second-order valence-corrected chi connectivity index (χ2v) is 9.23. The van der Waals surface area contributed by atoms with Crippen LogP contribution in [0.5, 0.6) is 0 Å². The van der Waals surface area contributed by atoms with E-state index in [2.05, 4.69) is 25.3 Å². The number of hydrogen-bond acceptors (Lipinski definition) is 6. The molecule has 3 rings (SSSR count). The molecule has 2 saturated heterocycles. The van der Waals surface area contributed by atoms with Crippen molar-refractivity contribution in [2.45, 2.75) is 44.6 Å². The summed E-state index contributed by atoms with van der Waals surface area (Å²) < 4.78 is 38.6. The molecule has 0 spiro atoms. The van der Waals surface area contributed by atoms with Crippen molar-refractivity contribution in [1.29, 1.82) is 0 Å². The van der Waals surface area contributed by atoms with Crippen LogP contribution in [0.2, 0.25) is 0 Å². The van der Waals surface area contributed by atoms with Crippen LogP contribution < -0.4 is 10.6 Å². The lowest BCUT2D eigenvalue weighted by Crippen LogP contribution is -2.52. The number of likely N-dealkylation sites (tertiary alicyclic amines) is 1. The third-order valence-corrected chi connectivity index (χ3v) is 6.66. The monoisotopic (exact) mass is 499 g/mol. The van der Waals surface area contributed by atoms with Crippen LogP contribution >= 0.6 is 0 Å². The lowest BCUT2D eigenvalue weighted by Gasteiger charge is -2.36. The maximum atomic E-state index is 12.9. The zero-order chi connectivity index (χ0) is 25.4. The summed E-state index contributed by atoms with van der Waals surface area (Å²) in [5.41, 5.74) is -1.05. The fraction of sp³-hybridized carbons (Fsp3) is 0.667. The van der Waals surface area contributed by atoms with Crippen molar-refractivity contribution in [1.82, 2.24) is 25.3 Å². The van der Waals surface area contributed by atoms with Crippen LogP contribution in [0.3, 0.4) is 0 Å². The maximum Gasteiger partial charge on any atom is 0.416 e. The molecular weight excluding hydrogens is 463 g/mol. The van der Waals surface area contributed by atoms with Crippen LogP contribution in [0.25, 0.3) is 0 Å². The Labute approximate surface area is 204 Å². The molecule has 8 nitrogen and oxygen atoms in total. The first-order valence-corrected chi connectivity index (χ1v) is 12.3. The van der Waals surface area contributed by atoms with Crippen LogP contribution in [0.15, 0.2) is 24.3 Å². The molecule has 35 heavy (non-hydrogen) atoms. The summed E-state index contributed by atoms with van der Waals surface area (Å²) in [7, 11) is 0. The van der Waals surface area contributed by atoms with Gasteiger partial charge in [0.2, 0.25) is 5.91 Å². The van der Waals surface area contributed by atoms with Gasteiger partial charge in [-0.2, -0.15) is 13.2 Å². The second-order valence-electron chi connectivity index (χ2n) is 9.23. The van der Waals surface area contributed by atoms with Gasteiger partial charge in [-0.3, -0.25) is 24.3 Å². The summed E-state index contributed by atoms with van der Waals surface area (Å²) in [4.78, 5) is 31.5. The number of aliphatic hydroxyl groups excluding tert-OH is 1. The molecule has 1 aromatic carbocycles. The fourth-order valence-corrected chi connectivity index (χ4v) is 4.49. The number of nitrogens with one attached hydrogen (secondary N) is 2. The van der Waals surface area contributed by atoms with Gasteiger partial charge in [0.15, 0.2) is 0 Å². The van der Waals surface area contributed by atoms with Crippen LogP contribution in [-0.4, -0.2) is 103 Å². The number of aliphatic hydroxyl groups is 1. The van der Waals surface area contributed by atoms with E-state index in [0.717, 1.165) is 83.8 Å². The molecule has 3 N–H and O–H groups in total. The molecular formula is C24H36F3N5O3. The number of β-amino-alcohol motifs (C(OH)–C–C–N with tert-alkyl or cyclic N) is 1. The van der Waals surface area contributed by atoms with Gasteiger partial charge in [-0.25, -0.2) is 0 Å². The zero-order valence-electron chi connectivity index (χ0n) is 20.2. The molecule has 1 aromatic rings. The summed E-state index contributed by atoms with van der Waals surface area (Å²) in [5.74, 6) is -1.09. The number of nitrogens with zero attached hydrogens (tertiary/aromatic N) is 3. The highest BCUT2D eigenvalue weighted by molar-refractivity contribution is 5.96. The number of benzene rings is 1. The lowest BCUT2D eigenvalue weighted by atomic mass is 10.1. The first-order valence-electron chi connectivity index (χ1n) is 12.3. The molecule has 2 unspecified atom stereocenters. The van der Waals surface area contributed by atoms with E-state index in [-0.39, 0.29) is 30.3 Å². The number of carbonyl (C=O) groups is 2. The van der Waals surface area contributed by atoms with Crippen molar-refractivity contribution < 1.29 is 27.9 Å². The van der Waals surface area contributed by atoms with Crippen molar-refractivity contribution in [3.05, 3.63) is 35.4 Å². The Bertz CT molecular complexity index is 846. The Morgan fingerprint density at radius 2 is 1.83 bits per heavy atom. The van der Waals surface area contributed by atoms with E-state index in [9.17, 15) is 27.9 Å². The van der Waals surface area contributed by atoms with Gasteiger partial charge >= 0.3 is 6.18 Å². The quantitative estimate of drug-likeness (QED) is 0.451. The first kappa shape index (κ1) is 27.4. The Morgan fingerprint density at radius 1 is 1.11 bits per heavy atom. The average molecular weight is 500 g/mol. The van der Waals surface area contributed by atoms with E-state index in [1.54, 1.807) is 0 Å². The first-order chi connectivity index (χ1) is 16.7. The van der Waals surface area contributed by atoms with E-state index >= 15 is 0 Å². The Morgan fingerprint density at radius 3 is 2.51 bits per heavy atom. The molecule has 0 radical (unpaired) electrons. The molecule has 0 aliphatic carbocycles. The number of hydrogen-bond donors (Lipinski definition) is 3. The lowest BCUT2D eigenvalue weighted by molar-refractivity contribution is -0.137. The number of carbonyl (C=O) groups excluding carboxylic acids is 2. The van der Waals surface area contributed by atoms with E-state index in [4.69, 9.17) is 0 Å². The van der Waals surface area contributed by atoms with Gasteiger partial charge in [0.05, 0.1) is 24.4 Å². The Kier molecular flexibility index (Phi) is 9.90. The molecule has 2 aliphatic heterocycles. The molecule has 0 bridgehead atoms. The van der Waals surface area contributed by atoms with Gasteiger partial charge in [0.1, 0.15) is 0 Å². The second kappa shape index (κ2) is 12.7. The molecule has 0 aromatic heterocycles. The van der Waals surface area contributed by atoms with Gasteiger partial charge in [0.25, 0.3) is 5.91 Å². The minimum atomic E-state index is -4.54. The SMILES string of the molecule is CCC(O)CN1CCN(CCN2CCCC2NC(=O)CNC(=O)c2cccc(C(F)(F)F)c2)CC1. The molecule has 2 atom stereocenters. The number of rotatable bonds is 10. The molecule has 2 heterocycles. The molecule has 2 amide bonds. The van der Waals surface area contributed by atoms with Gasteiger partial charge in [-0.1, -0.05) is 13.0 Å². The number of alkyl halides is 3. The van der Waals surface area contributed by atoms with E-state index in [1.807, 2.05) is 6.92 Å². The van der Waals surface area contributed by atoms with Crippen molar-refractivity contribution in [2.24, 2.45) is 0 Å². The van der Waals surface area contributed by atoms with Gasteiger partial charge in [-0.15, -0.1) is 0 Å². The van der Waals surface area contributed by atoms with E-state index in [0.29, 0.717) is 0 Å². The minimum absolute atomic E-state index is 0.117. The highest BCUT2D eigenvalue weighted by Crippen LogP contribution is 2.29. The topological polar surface area (TPSA) is 88.2 Å². The predicted octanol–water partition coefficient (Wildman–Crippen LogP) is 1.36. The van der Waals surface area contributed by atoms with Crippen LogP contribution in [0.4, 0.5) is 13.2 Å². The van der Waals surface area contributed by atoms with Crippen molar-refractivity contribution in [3.8, 4) is 0 Å². The third-order valence-electron chi connectivity index (χ3n) is 6.66. The molecule has 2 fully saturated rings. The Balaban J connectivity index is 1.38. The highest BCUT2D eigenvalue weighted by atomic mass is 19.4. The average Bonchev–Trinajstić information content (AvgIpc) is 3.28. The third kappa shape index (κ3) is 8.45. The summed E-state index contributed by atoms with van der Waals surface area (Å²) in [6, 6.07) is 4.13. The minimum Gasteiger partial charge on any atom is -0.392 e. The molecule has 2 aliphatic rings. The summed E-state index contributed by atoms with van der Waals surface area (Å²) >= 11 is 0. The molecule has 196 valence electrons. The highest BCUT2D eigenvalue weighted by Gasteiger charge is 2.31. The number of amides is 2. The van der Waals surface area contributed by atoms with Gasteiger partial charge in [0, 0.05) is 57.9 Å². The molecule has 11 heteroatoms. The summed E-state index contributed by atoms with van der Waals surface area (Å²) in [6.45, 7) is 8.75. The zero-order valence-corrected chi connectivity index (χ0v) is 20.2. The fourth-order valence-electron chi connectivity index (χ4n) is 4.49.